The molecule has 9 heteroatoms. The number of piperazine rings is 1. The standard InChI is InChI=1S/C25H31N3O4S2/c1-17-14-28(15-18(2)26-17)21-8-9-23(32-4)22(13-21)27-34(29,30)25-11-10-24(33-25)20-7-5-6-19(12-20)16-31-3/h5-13,17-18,26-27H,14-16H2,1-4H3. The minimum absolute atomic E-state index is 0.247. The van der Waals surface area contributed by atoms with Gasteiger partial charge in [-0.1, -0.05) is 18.2 Å². The topological polar surface area (TPSA) is 79.9 Å². The Balaban J connectivity index is 1.59. The average Bonchev–Trinajstić information content (AvgIpc) is 3.30. The summed E-state index contributed by atoms with van der Waals surface area (Å²) in [4.78, 5) is 3.14. The third kappa shape index (κ3) is 5.55. The molecule has 0 amide bonds. The van der Waals surface area contributed by atoms with Gasteiger partial charge in [-0.25, -0.2) is 8.42 Å². The van der Waals surface area contributed by atoms with Crippen LogP contribution in [-0.2, 0) is 21.4 Å². The van der Waals surface area contributed by atoms with Gasteiger partial charge in [-0.2, -0.15) is 0 Å². The Hall–Kier alpha value is -2.59. The number of benzene rings is 2. The third-order valence-corrected chi connectivity index (χ3v) is 8.71. The van der Waals surface area contributed by atoms with Crippen LogP contribution >= 0.6 is 11.3 Å². The lowest BCUT2D eigenvalue weighted by Crippen LogP contribution is -2.54. The summed E-state index contributed by atoms with van der Waals surface area (Å²) in [6, 6.07) is 17.7. The van der Waals surface area contributed by atoms with Crippen LogP contribution in [0.2, 0.25) is 0 Å². The van der Waals surface area contributed by atoms with Gasteiger partial charge in [-0.3, -0.25) is 4.72 Å². The maximum Gasteiger partial charge on any atom is 0.271 e. The molecule has 1 aliphatic rings. The molecule has 1 aromatic heterocycles. The molecule has 1 saturated heterocycles. The van der Waals surface area contributed by atoms with Crippen molar-refractivity contribution in [2.24, 2.45) is 0 Å². The molecule has 2 N–H and O–H groups in total. The van der Waals surface area contributed by atoms with Crippen LogP contribution in [0.3, 0.4) is 0 Å². The summed E-state index contributed by atoms with van der Waals surface area (Å²) < 4.78 is 40.2. The molecule has 0 bridgehead atoms. The third-order valence-electron chi connectivity index (χ3n) is 5.72. The number of methoxy groups -OCH3 is 2. The first-order valence-corrected chi connectivity index (χ1v) is 13.5. The van der Waals surface area contributed by atoms with E-state index in [1.165, 1.54) is 18.4 Å². The van der Waals surface area contributed by atoms with Gasteiger partial charge in [0.05, 0.1) is 19.4 Å². The zero-order valence-corrected chi connectivity index (χ0v) is 21.5. The molecular weight excluding hydrogens is 470 g/mol. The van der Waals surface area contributed by atoms with E-state index < -0.39 is 10.0 Å². The number of ether oxygens (including phenoxy) is 2. The van der Waals surface area contributed by atoms with Gasteiger partial charge in [0, 0.05) is 42.8 Å². The Kier molecular flexibility index (Phi) is 7.47. The van der Waals surface area contributed by atoms with Gasteiger partial charge < -0.3 is 19.7 Å². The van der Waals surface area contributed by atoms with Crippen molar-refractivity contribution < 1.29 is 17.9 Å². The molecular formula is C25H31N3O4S2. The highest BCUT2D eigenvalue weighted by Crippen LogP contribution is 2.35. The van der Waals surface area contributed by atoms with E-state index in [1.807, 2.05) is 48.5 Å². The maximum absolute atomic E-state index is 13.3. The zero-order valence-electron chi connectivity index (χ0n) is 19.9. The van der Waals surface area contributed by atoms with Crippen molar-refractivity contribution in [2.45, 2.75) is 36.7 Å². The molecule has 0 spiro atoms. The number of hydrogen-bond donors (Lipinski definition) is 2. The van der Waals surface area contributed by atoms with Crippen LogP contribution in [0.1, 0.15) is 19.4 Å². The molecule has 34 heavy (non-hydrogen) atoms. The molecule has 182 valence electrons. The Morgan fingerprint density at radius 1 is 1.06 bits per heavy atom. The highest BCUT2D eigenvalue weighted by molar-refractivity contribution is 7.94. The minimum atomic E-state index is -3.79. The quantitative estimate of drug-likeness (QED) is 0.471. The lowest BCUT2D eigenvalue weighted by atomic mass is 10.1. The van der Waals surface area contributed by atoms with Crippen molar-refractivity contribution in [3.63, 3.8) is 0 Å². The van der Waals surface area contributed by atoms with Crippen LogP contribution in [0.5, 0.6) is 5.75 Å². The number of nitrogens with one attached hydrogen (secondary N) is 2. The second kappa shape index (κ2) is 10.4. The summed E-state index contributed by atoms with van der Waals surface area (Å²) in [6.07, 6.45) is 0. The van der Waals surface area contributed by atoms with E-state index in [0.29, 0.717) is 30.1 Å². The van der Waals surface area contributed by atoms with E-state index in [2.05, 4.69) is 28.8 Å². The first kappa shape index (κ1) is 24.5. The fourth-order valence-electron chi connectivity index (χ4n) is 4.31. The van der Waals surface area contributed by atoms with Gasteiger partial charge in [0.15, 0.2) is 0 Å². The van der Waals surface area contributed by atoms with Crippen molar-refractivity contribution in [3.05, 3.63) is 60.2 Å². The fraction of sp³-hybridized carbons (Fsp3) is 0.360. The van der Waals surface area contributed by atoms with E-state index >= 15 is 0 Å². The summed E-state index contributed by atoms with van der Waals surface area (Å²) in [7, 11) is -0.596. The summed E-state index contributed by atoms with van der Waals surface area (Å²) in [5.74, 6) is 0.479. The van der Waals surface area contributed by atoms with Crippen LogP contribution in [0, 0.1) is 0 Å². The van der Waals surface area contributed by atoms with Crippen LogP contribution in [-0.4, -0.2) is 47.8 Å². The summed E-state index contributed by atoms with van der Waals surface area (Å²) in [6.45, 7) is 6.50. The van der Waals surface area contributed by atoms with Crippen LogP contribution in [0.15, 0.2) is 58.8 Å². The van der Waals surface area contributed by atoms with Crippen molar-refractivity contribution in [3.8, 4) is 16.2 Å². The fourth-order valence-corrected chi connectivity index (χ4v) is 6.67. The Morgan fingerprint density at radius 2 is 1.82 bits per heavy atom. The molecule has 1 aliphatic heterocycles. The number of sulfonamides is 1. The Morgan fingerprint density at radius 3 is 2.53 bits per heavy atom. The SMILES string of the molecule is COCc1cccc(-c2ccc(S(=O)(=O)Nc3cc(N4CC(C)NC(C)C4)ccc3OC)s2)c1. The summed E-state index contributed by atoms with van der Waals surface area (Å²) in [5.41, 5.74) is 3.38. The second-order valence-electron chi connectivity index (χ2n) is 8.62. The van der Waals surface area contributed by atoms with E-state index in [1.54, 1.807) is 13.2 Å². The number of thiophene rings is 1. The van der Waals surface area contributed by atoms with Crippen molar-refractivity contribution >= 4 is 32.7 Å². The van der Waals surface area contributed by atoms with Crippen molar-refractivity contribution in [1.29, 1.82) is 0 Å². The largest absolute Gasteiger partial charge is 0.495 e. The average molecular weight is 502 g/mol. The number of nitrogens with zero attached hydrogens (tertiary/aromatic N) is 1. The first-order chi connectivity index (χ1) is 16.3. The van der Waals surface area contributed by atoms with E-state index in [4.69, 9.17) is 9.47 Å². The summed E-state index contributed by atoms with van der Waals surface area (Å²) in [5, 5.41) is 3.52. The van der Waals surface area contributed by atoms with Gasteiger partial charge in [0.25, 0.3) is 10.0 Å². The van der Waals surface area contributed by atoms with E-state index in [0.717, 1.165) is 34.8 Å². The lowest BCUT2D eigenvalue weighted by molar-refractivity contribution is 0.185. The molecule has 7 nitrogen and oxygen atoms in total. The van der Waals surface area contributed by atoms with Gasteiger partial charge in [-0.05, 0) is 61.4 Å². The van der Waals surface area contributed by atoms with Crippen molar-refractivity contribution in [1.82, 2.24) is 5.32 Å². The highest BCUT2D eigenvalue weighted by atomic mass is 32.2. The maximum atomic E-state index is 13.3. The molecule has 2 atom stereocenters. The predicted octanol–water partition coefficient (Wildman–Crippen LogP) is 4.56. The molecule has 3 aromatic rings. The molecule has 0 aliphatic carbocycles. The van der Waals surface area contributed by atoms with Gasteiger partial charge in [-0.15, -0.1) is 11.3 Å². The molecule has 2 heterocycles. The second-order valence-corrected chi connectivity index (χ2v) is 11.6. The van der Waals surface area contributed by atoms with Crippen molar-refractivity contribution in [2.75, 3.05) is 36.9 Å². The molecule has 0 saturated carbocycles. The van der Waals surface area contributed by atoms with Crippen LogP contribution in [0.4, 0.5) is 11.4 Å². The first-order valence-electron chi connectivity index (χ1n) is 11.2. The number of hydrogen-bond acceptors (Lipinski definition) is 7. The van der Waals surface area contributed by atoms with E-state index in [9.17, 15) is 8.42 Å². The monoisotopic (exact) mass is 501 g/mol. The normalized spacial score (nSPS) is 18.6. The number of rotatable bonds is 8. The van der Waals surface area contributed by atoms with Gasteiger partial charge >= 0.3 is 0 Å². The molecule has 4 rings (SSSR count). The van der Waals surface area contributed by atoms with Gasteiger partial charge in [0.2, 0.25) is 0 Å². The summed E-state index contributed by atoms with van der Waals surface area (Å²) >= 11 is 1.23. The van der Waals surface area contributed by atoms with Crippen LogP contribution in [0.25, 0.3) is 10.4 Å². The molecule has 1 fully saturated rings. The number of anilines is 2. The smallest absolute Gasteiger partial charge is 0.271 e. The van der Waals surface area contributed by atoms with Gasteiger partial charge in [0.1, 0.15) is 9.96 Å². The predicted molar refractivity (Wildman–Crippen MR) is 139 cm³/mol. The minimum Gasteiger partial charge on any atom is -0.495 e. The highest BCUT2D eigenvalue weighted by Gasteiger charge is 2.24. The van der Waals surface area contributed by atoms with E-state index in [-0.39, 0.29) is 4.21 Å². The lowest BCUT2D eigenvalue weighted by Gasteiger charge is -2.38. The Labute approximate surface area is 205 Å². The Bertz CT molecular complexity index is 1230. The molecule has 2 unspecified atom stereocenters. The molecule has 2 aromatic carbocycles. The van der Waals surface area contributed by atoms with Crippen LogP contribution < -0.4 is 19.7 Å². The molecule has 0 radical (unpaired) electrons. The zero-order chi connectivity index (χ0) is 24.3.